The molecule has 2 aromatic rings. The highest BCUT2D eigenvalue weighted by atomic mass is 19.1. The van der Waals surface area contributed by atoms with Crippen LogP contribution >= 0.6 is 0 Å². The maximum absolute atomic E-state index is 14.7. The summed E-state index contributed by atoms with van der Waals surface area (Å²) < 4.78 is 22.4. The number of pyridine rings is 1. The third kappa shape index (κ3) is 1.97. The number of aldehydes is 1. The van der Waals surface area contributed by atoms with Gasteiger partial charge in [0.25, 0.3) is 0 Å². The Labute approximate surface area is 132 Å². The molecule has 1 saturated heterocycles. The van der Waals surface area contributed by atoms with Crippen LogP contribution in [0.3, 0.4) is 0 Å². The van der Waals surface area contributed by atoms with Crippen molar-refractivity contribution in [1.29, 1.82) is 0 Å². The molecule has 23 heavy (non-hydrogen) atoms. The van der Waals surface area contributed by atoms with E-state index in [1.807, 2.05) is 16.4 Å². The number of nitrogens with zero attached hydrogens (tertiary/aromatic N) is 2. The van der Waals surface area contributed by atoms with Crippen LogP contribution in [0.4, 0.5) is 10.1 Å². The van der Waals surface area contributed by atoms with Crippen molar-refractivity contribution in [3.63, 3.8) is 0 Å². The van der Waals surface area contributed by atoms with Crippen LogP contribution < -0.4 is 15.1 Å². The average Bonchev–Trinajstić information content (AvgIpc) is 3.06. The first-order valence-corrected chi connectivity index (χ1v) is 7.86. The molecule has 0 amide bonds. The first-order valence-electron chi connectivity index (χ1n) is 7.86. The fourth-order valence-electron chi connectivity index (χ4n) is 3.55. The van der Waals surface area contributed by atoms with Gasteiger partial charge in [0.05, 0.1) is 22.5 Å². The number of hydrogen-bond acceptors (Lipinski definition) is 4. The molecule has 120 valence electrons. The number of aromatic nitrogens is 1. The summed E-state index contributed by atoms with van der Waals surface area (Å²) >= 11 is 0. The van der Waals surface area contributed by atoms with Crippen LogP contribution in [0.25, 0.3) is 10.9 Å². The van der Waals surface area contributed by atoms with E-state index < -0.39 is 11.2 Å². The summed E-state index contributed by atoms with van der Waals surface area (Å²) in [4.78, 5) is 25.6. The second-order valence-electron chi connectivity index (χ2n) is 6.23. The highest BCUT2D eigenvalue weighted by Gasteiger charge is 2.29. The number of halogens is 1. The first kappa shape index (κ1) is 14.2. The molecule has 0 saturated carbocycles. The van der Waals surface area contributed by atoms with Gasteiger partial charge < -0.3 is 14.2 Å². The quantitative estimate of drug-likeness (QED) is 0.799. The molecule has 5 nitrogen and oxygen atoms in total. The van der Waals surface area contributed by atoms with Gasteiger partial charge in [-0.15, -0.1) is 0 Å². The SMILES string of the molecule is C[C@H]1COc2c(N3CCCC3)c(F)cc3c(=O)c(C=O)cn1c23. The lowest BCUT2D eigenvalue weighted by Gasteiger charge is -2.31. The Kier molecular flexibility index (Phi) is 3.14. The second-order valence-corrected chi connectivity index (χ2v) is 6.23. The number of benzene rings is 1. The van der Waals surface area contributed by atoms with E-state index in [9.17, 15) is 14.0 Å². The monoisotopic (exact) mass is 316 g/mol. The third-order valence-electron chi connectivity index (χ3n) is 4.72. The molecule has 6 heteroatoms. The standard InChI is InChI=1S/C17H17FN2O3/c1-10-9-23-17-14-12(16(22)11(8-21)7-20(10)14)6-13(18)15(17)19-4-2-3-5-19/h6-8,10H,2-5,9H2,1H3/t10-/m0/s1. The van der Waals surface area contributed by atoms with Crippen molar-refractivity contribution < 1.29 is 13.9 Å². The van der Waals surface area contributed by atoms with E-state index in [-0.39, 0.29) is 17.0 Å². The van der Waals surface area contributed by atoms with Crippen molar-refractivity contribution in [3.05, 3.63) is 33.9 Å². The van der Waals surface area contributed by atoms with E-state index in [0.717, 1.165) is 25.9 Å². The van der Waals surface area contributed by atoms with Crippen LogP contribution in [0, 0.1) is 5.82 Å². The molecule has 1 fully saturated rings. The van der Waals surface area contributed by atoms with Gasteiger partial charge >= 0.3 is 0 Å². The van der Waals surface area contributed by atoms with Crippen LogP contribution in [0.2, 0.25) is 0 Å². The zero-order chi connectivity index (χ0) is 16.1. The molecule has 4 rings (SSSR count). The largest absolute Gasteiger partial charge is 0.487 e. The number of carbonyl (C=O) groups is 1. The van der Waals surface area contributed by atoms with Crippen LogP contribution in [-0.4, -0.2) is 30.5 Å². The van der Waals surface area contributed by atoms with E-state index in [1.165, 1.54) is 6.07 Å². The molecular weight excluding hydrogens is 299 g/mol. The van der Waals surface area contributed by atoms with E-state index in [2.05, 4.69) is 0 Å². The minimum Gasteiger partial charge on any atom is -0.487 e. The third-order valence-corrected chi connectivity index (χ3v) is 4.72. The van der Waals surface area contributed by atoms with Gasteiger partial charge in [0.2, 0.25) is 0 Å². The Bertz CT molecular complexity index is 868. The maximum atomic E-state index is 14.7. The normalized spacial score (nSPS) is 19.9. The topological polar surface area (TPSA) is 51.5 Å². The lowest BCUT2D eigenvalue weighted by atomic mass is 10.1. The molecule has 3 heterocycles. The van der Waals surface area contributed by atoms with Crippen molar-refractivity contribution in [2.24, 2.45) is 0 Å². The van der Waals surface area contributed by atoms with E-state index in [4.69, 9.17) is 4.74 Å². The summed E-state index contributed by atoms with van der Waals surface area (Å²) in [5.74, 6) is -0.0369. The summed E-state index contributed by atoms with van der Waals surface area (Å²) in [6.45, 7) is 3.89. The van der Waals surface area contributed by atoms with Gasteiger partial charge in [-0.3, -0.25) is 9.59 Å². The predicted molar refractivity (Wildman–Crippen MR) is 85.2 cm³/mol. The zero-order valence-corrected chi connectivity index (χ0v) is 12.8. The highest BCUT2D eigenvalue weighted by Crippen LogP contribution is 2.42. The number of carbonyl (C=O) groups excluding carboxylic acids is 1. The van der Waals surface area contributed by atoms with Crippen molar-refractivity contribution in [3.8, 4) is 5.75 Å². The summed E-state index contributed by atoms with van der Waals surface area (Å²) in [7, 11) is 0. The molecule has 1 atom stereocenters. The van der Waals surface area contributed by atoms with Crippen molar-refractivity contribution in [2.45, 2.75) is 25.8 Å². The molecular formula is C17H17FN2O3. The fourth-order valence-corrected chi connectivity index (χ4v) is 3.55. The smallest absolute Gasteiger partial charge is 0.200 e. The molecule has 1 aromatic carbocycles. The molecule has 0 unspecified atom stereocenters. The lowest BCUT2D eigenvalue weighted by molar-refractivity contribution is 0.112. The lowest BCUT2D eigenvalue weighted by Crippen LogP contribution is -2.28. The van der Waals surface area contributed by atoms with Gasteiger partial charge in [0.1, 0.15) is 12.3 Å². The summed E-state index contributed by atoms with van der Waals surface area (Å²) in [5, 5.41) is 0.205. The van der Waals surface area contributed by atoms with Crippen LogP contribution in [-0.2, 0) is 0 Å². The van der Waals surface area contributed by atoms with Gasteiger partial charge in [-0.25, -0.2) is 4.39 Å². The molecule has 0 radical (unpaired) electrons. The van der Waals surface area contributed by atoms with Crippen molar-refractivity contribution in [1.82, 2.24) is 4.57 Å². The van der Waals surface area contributed by atoms with Crippen LogP contribution in [0.1, 0.15) is 36.2 Å². The van der Waals surface area contributed by atoms with Crippen molar-refractivity contribution in [2.75, 3.05) is 24.6 Å². The van der Waals surface area contributed by atoms with Crippen molar-refractivity contribution >= 4 is 22.9 Å². The summed E-state index contributed by atoms with van der Waals surface area (Å²) in [6, 6.07) is 1.22. The number of rotatable bonds is 2. The maximum Gasteiger partial charge on any atom is 0.200 e. The second kappa shape index (κ2) is 5.08. The molecule has 2 aliphatic heterocycles. The van der Waals surface area contributed by atoms with Gasteiger partial charge in [0, 0.05) is 19.3 Å². The Morgan fingerprint density at radius 2 is 2.09 bits per heavy atom. The van der Waals surface area contributed by atoms with Crippen LogP contribution in [0.5, 0.6) is 5.75 Å². The fraction of sp³-hybridized carbons (Fsp3) is 0.412. The molecule has 1 aromatic heterocycles. The minimum absolute atomic E-state index is 0.0267. The molecule has 0 bridgehead atoms. The number of hydrogen-bond donors (Lipinski definition) is 0. The van der Waals surface area contributed by atoms with E-state index in [1.54, 1.807) is 6.20 Å². The zero-order valence-electron chi connectivity index (χ0n) is 12.8. The van der Waals surface area contributed by atoms with E-state index >= 15 is 0 Å². The average molecular weight is 316 g/mol. The minimum atomic E-state index is -0.462. The Hall–Kier alpha value is -2.37. The first-order chi connectivity index (χ1) is 11.1. The number of anilines is 1. The predicted octanol–water partition coefficient (Wildman–Crippen LogP) is 2.51. The van der Waals surface area contributed by atoms with Gasteiger partial charge in [-0.05, 0) is 25.8 Å². The molecule has 0 aliphatic carbocycles. The van der Waals surface area contributed by atoms with E-state index in [0.29, 0.717) is 29.8 Å². The Morgan fingerprint density at radius 1 is 1.35 bits per heavy atom. The summed E-state index contributed by atoms with van der Waals surface area (Å²) in [6.07, 6.45) is 4.12. The number of ether oxygens (including phenoxy) is 1. The molecule has 0 spiro atoms. The van der Waals surface area contributed by atoms with Gasteiger partial charge in [-0.2, -0.15) is 0 Å². The summed E-state index contributed by atoms with van der Waals surface area (Å²) in [5.41, 5.74) is 0.624. The molecule has 2 aliphatic rings. The van der Waals surface area contributed by atoms with Gasteiger partial charge in [-0.1, -0.05) is 0 Å². The Morgan fingerprint density at radius 3 is 2.78 bits per heavy atom. The molecule has 0 N–H and O–H groups in total. The highest BCUT2D eigenvalue weighted by molar-refractivity contribution is 5.94. The van der Waals surface area contributed by atoms with Crippen LogP contribution in [0.15, 0.2) is 17.1 Å². The van der Waals surface area contributed by atoms with Gasteiger partial charge in [0.15, 0.2) is 23.3 Å². The Balaban J connectivity index is 2.11.